The summed E-state index contributed by atoms with van der Waals surface area (Å²) in [4.78, 5) is 0. The van der Waals surface area contributed by atoms with Crippen molar-refractivity contribution in [2.24, 2.45) is 0 Å². The molecular formula is C14H16. The van der Waals surface area contributed by atoms with Crippen molar-refractivity contribution >= 4 is 0 Å². The molecule has 0 radical (unpaired) electrons. The summed E-state index contributed by atoms with van der Waals surface area (Å²) in [6.07, 6.45) is 14.6. The van der Waals surface area contributed by atoms with Crippen LogP contribution in [0.15, 0.2) is 86.1 Å². The average Bonchev–Trinajstić information content (AvgIpc) is 2.20. The Labute approximate surface area is 86.7 Å². The molecule has 0 atom stereocenters. The maximum absolute atomic E-state index is 3.93. The van der Waals surface area contributed by atoms with Gasteiger partial charge in [0, 0.05) is 0 Å². The van der Waals surface area contributed by atoms with Crippen molar-refractivity contribution in [3.8, 4) is 0 Å². The van der Waals surface area contributed by atoms with Crippen LogP contribution in [0.3, 0.4) is 0 Å². The summed E-state index contributed by atoms with van der Waals surface area (Å²) >= 11 is 0. The average molecular weight is 184 g/mol. The second-order valence-electron chi connectivity index (χ2n) is 2.57. The summed E-state index contributed by atoms with van der Waals surface area (Å²) in [6.45, 7) is 14.8. The standard InChI is InChI=1S/C14H16/c1-5-8-11-13(4)14(10-7-3)12-9-6-2/h5-12H,1-4H2/b11-8-,12-9-,14-10+. The first-order valence-corrected chi connectivity index (χ1v) is 4.36. The van der Waals surface area contributed by atoms with Crippen LogP contribution in [0.25, 0.3) is 0 Å². The number of allylic oxidation sites excluding steroid dienone is 10. The van der Waals surface area contributed by atoms with Gasteiger partial charge in [-0.15, -0.1) is 0 Å². The van der Waals surface area contributed by atoms with E-state index in [1.807, 2.05) is 30.4 Å². The van der Waals surface area contributed by atoms with E-state index in [-0.39, 0.29) is 0 Å². The van der Waals surface area contributed by atoms with Crippen LogP contribution in [0.4, 0.5) is 0 Å². The molecule has 0 bridgehead atoms. The minimum absolute atomic E-state index is 0.919. The van der Waals surface area contributed by atoms with E-state index >= 15 is 0 Å². The van der Waals surface area contributed by atoms with Gasteiger partial charge >= 0.3 is 0 Å². The Hall–Kier alpha value is -1.82. The fourth-order valence-corrected chi connectivity index (χ4v) is 0.849. The van der Waals surface area contributed by atoms with Gasteiger partial charge in [-0.1, -0.05) is 74.9 Å². The van der Waals surface area contributed by atoms with Crippen molar-refractivity contribution in [2.45, 2.75) is 0 Å². The number of hydrogen-bond acceptors (Lipinski definition) is 0. The topological polar surface area (TPSA) is 0 Å². The normalized spacial score (nSPS) is 11.9. The highest BCUT2D eigenvalue weighted by Gasteiger charge is 1.91. The van der Waals surface area contributed by atoms with Crippen molar-refractivity contribution in [3.05, 3.63) is 86.1 Å². The van der Waals surface area contributed by atoms with E-state index in [1.54, 1.807) is 18.2 Å². The molecule has 14 heavy (non-hydrogen) atoms. The van der Waals surface area contributed by atoms with Crippen molar-refractivity contribution in [1.29, 1.82) is 0 Å². The highest BCUT2D eigenvalue weighted by atomic mass is 14.0. The molecule has 0 unspecified atom stereocenters. The largest absolute Gasteiger partial charge is 0.0991 e. The Bertz CT molecular complexity index is 309. The molecule has 0 saturated heterocycles. The predicted octanol–water partition coefficient (Wildman–Crippen LogP) is 4.14. The molecule has 0 aliphatic heterocycles. The number of rotatable bonds is 6. The molecule has 0 rings (SSSR count). The lowest BCUT2D eigenvalue weighted by molar-refractivity contribution is 1.57. The lowest BCUT2D eigenvalue weighted by Gasteiger charge is -1.99. The van der Waals surface area contributed by atoms with E-state index in [0.29, 0.717) is 0 Å². The van der Waals surface area contributed by atoms with E-state index in [1.165, 1.54) is 0 Å². The molecule has 0 aromatic rings. The molecule has 0 heterocycles. The molecule has 0 N–H and O–H groups in total. The molecule has 0 nitrogen and oxygen atoms in total. The molecule has 0 amide bonds. The van der Waals surface area contributed by atoms with Gasteiger partial charge in [-0.3, -0.25) is 0 Å². The fraction of sp³-hybridized carbons (Fsp3) is 0. The SMILES string of the molecule is C=C/C=C\C(=C)C(/C=C\C=C)=C/C=C. The smallest absolute Gasteiger partial charge is 0.0190 e. The van der Waals surface area contributed by atoms with Gasteiger partial charge in [0.15, 0.2) is 0 Å². The summed E-state index contributed by atoms with van der Waals surface area (Å²) in [5.74, 6) is 0. The third-order valence-electron chi connectivity index (χ3n) is 1.51. The Morgan fingerprint density at radius 1 is 0.786 bits per heavy atom. The fourth-order valence-electron chi connectivity index (χ4n) is 0.849. The van der Waals surface area contributed by atoms with Gasteiger partial charge in [0.25, 0.3) is 0 Å². The van der Waals surface area contributed by atoms with Crippen LogP contribution in [0.1, 0.15) is 0 Å². The molecule has 0 heteroatoms. The number of hydrogen-bond donors (Lipinski definition) is 0. The predicted molar refractivity (Wildman–Crippen MR) is 66.1 cm³/mol. The van der Waals surface area contributed by atoms with Gasteiger partial charge in [0.2, 0.25) is 0 Å². The summed E-state index contributed by atoms with van der Waals surface area (Å²) in [5.41, 5.74) is 1.93. The summed E-state index contributed by atoms with van der Waals surface area (Å²) in [7, 11) is 0. The highest BCUT2D eigenvalue weighted by molar-refractivity contribution is 5.47. The Balaban J connectivity index is 4.74. The van der Waals surface area contributed by atoms with E-state index in [9.17, 15) is 0 Å². The first-order chi connectivity index (χ1) is 6.76. The molecule has 0 fully saturated rings. The van der Waals surface area contributed by atoms with Crippen molar-refractivity contribution in [1.82, 2.24) is 0 Å². The first kappa shape index (κ1) is 12.2. The second-order valence-corrected chi connectivity index (χ2v) is 2.57. The maximum Gasteiger partial charge on any atom is -0.0190 e. The summed E-state index contributed by atoms with van der Waals surface area (Å²) in [5, 5.41) is 0. The molecule has 72 valence electrons. The van der Waals surface area contributed by atoms with Gasteiger partial charge in [0.1, 0.15) is 0 Å². The molecule has 0 aliphatic rings. The Morgan fingerprint density at radius 3 is 1.86 bits per heavy atom. The Morgan fingerprint density at radius 2 is 1.36 bits per heavy atom. The lowest BCUT2D eigenvalue weighted by atomic mass is 10.1. The van der Waals surface area contributed by atoms with Crippen LogP contribution in [0, 0.1) is 0 Å². The summed E-state index contributed by atoms with van der Waals surface area (Å²) in [6, 6.07) is 0. The molecule has 0 aromatic heterocycles. The summed E-state index contributed by atoms with van der Waals surface area (Å²) < 4.78 is 0. The van der Waals surface area contributed by atoms with Crippen LogP contribution in [-0.2, 0) is 0 Å². The zero-order chi connectivity index (χ0) is 10.8. The van der Waals surface area contributed by atoms with Crippen LogP contribution in [0.2, 0.25) is 0 Å². The highest BCUT2D eigenvalue weighted by Crippen LogP contribution is 2.11. The van der Waals surface area contributed by atoms with E-state index in [2.05, 4.69) is 26.3 Å². The monoisotopic (exact) mass is 184 g/mol. The molecule has 0 saturated carbocycles. The van der Waals surface area contributed by atoms with Crippen LogP contribution >= 0.6 is 0 Å². The zero-order valence-electron chi connectivity index (χ0n) is 8.45. The van der Waals surface area contributed by atoms with Gasteiger partial charge in [-0.2, -0.15) is 0 Å². The van der Waals surface area contributed by atoms with Gasteiger partial charge in [0.05, 0.1) is 0 Å². The lowest BCUT2D eigenvalue weighted by Crippen LogP contribution is -1.79. The first-order valence-electron chi connectivity index (χ1n) is 4.36. The second kappa shape index (κ2) is 7.81. The third-order valence-corrected chi connectivity index (χ3v) is 1.51. The Kier molecular flexibility index (Phi) is 6.79. The quantitative estimate of drug-likeness (QED) is 0.544. The van der Waals surface area contributed by atoms with E-state index in [0.717, 1.165) is 11.1 Å². The molecule has 0 aromatic carbocycles. The van der Waals surface area contributed by atoms with Gasteiger partial charge in [-0.05, 0) is 11.1 Å². The minimum Gasteiger partial charge on any atom is -0.0991 e. The van der Waals surface area contributed by atoms with Crippen molar-refractivity contribution in [2.75, 3.05) is 0 Å². The molecule has 0 aliphatic carbocycles. The zero-order valence-corrected chi connectivity index (χ0v) is 8.45. The van der Waals surface area contributed by atoms with Crippen molar-refractivity contribution < 1.29 is 0 Å². The van der Waals surface area contributed by atoms with E-state index < -0.39 is 0 Å². The maximum atomic E-state index is 3.93. The minimum atomic E-state index is 0.919. The van der Waals surface area contributed by atoms with Crippen LogP contribution < -0.4 is 0 Å². The van der Waals surface area contributed by atoms with Crippen molar-refractivity contribution in [3.63, 3.8) is 0 Å². The molecule has 0 spiro atoms. The van der Waals surface area contributed by atoms with Gasteiger partial charge < -0.3 is 0 Å². The third kappa shape index (κ3) is 4.94. The van der Waals surface area contributed by atoms with E-state index in [4.69, 9.17) is 0 Å². The van der Waals surface area contributed by atoms with Crippen LogP contribution in [0.5, 0.6) is 0 Å². The molecular weight excluding hydrogens is 168 g/mol. The van der Waals surface area contributed by atoms with Gasteiger partial charge in [-0.25, -0.2) is 0 Å². The van der Waals surface area contributed by atoms with Crippen LogP contribution in [-0.4, -0.2) is 0 Å².